The quantitative estimate of drug-likeness (QED) is 0.116. The van der Waals surface area contributed by atoms with E-state index >= 15 is 0 Å². The van der Waals surface area contributed by atoms with Gasteiger partial charge in [0.2, 0.25) is 0 Å². The molecule has 0 amide bonds. The molecule has 3 aromatic heterocycles. The number of benzene rings is 2. The Morgan fingerprint density at radius 2 is 0.911 bits per heavy atom. The van der Waals surface area contributed by atoms with Gasteiger partial charge >= 0.3 is 0 Å². The molecule has 101 heavy (non-hydrogen) atoms. The smallest absolute Gasteiger partial charge is 0.166 e. The number of fused-ring (bicyclic) bond motifs is 11. The fourth-order valence-electron chi connectivity index (χ4n) is 21.8. The van der Waals surface area contributed by atoms with Crippen LogP contribution in [0.15, 0.2) is 179 Å². The van der Waals surface area contributed by atoms with E-state index in [0.717, 1.165) is 129 Å². The molecule has 0 bridgehead atoms. The van der Waals surface area contributed by atoms with Gasteiger partial charge < -0.3 is 43.1 Å². The highest BCUT2D eigenvalue weighted by atomic mass is 16.5. The third kappa shape index (κ3) is 12.5. The summed E-state index contributed by atoms with van der Waals surface area (Å²) in [6, 6.07) is 21.6. The van der Waals surface area contributed by atoms with Gasteiger partial charge in [0.15, 0.2) is 17.3 Å². The van der Waals surface area contributed by atoms with Gasteiger partial charge in [0, 0.05) is 168 Å². The molecule has 3 aliphatic heterocycles. The maximum Gasteiger partial charge on any atom is 0.166 e. The minimum Gasteiger partial charge on any atom is -0.489 e. The first-order valence-electron chi connectivity index (χ1n) is 37.4. The number of aromatic nitrogens is 3. The van der Waals surface area contributed by atoms with Crippen LogP contribution in [0.4, 0.5) is 0 Å². The summed E-state index contributed by atoms with van der Waals surface area (Å²) in [5.41, 5.74) is 10.2. The summed E-state index contributed by atoms with van der Waals surface area (Å²) in [5, 5.41) is 4.85. The largest absolute Gasteiger partial charge is 0.489 e. The number of carbonyl (C=O) groups is 3. The number of ether oxygens (including phenoxy) is 6. The van der Waals surface area contributed by atoms with Gasteiger partial charge in [-0.25, -0.2) is 0 Å². The summed E-state index contributed by atoms with van der Waals surface area (Å²) in [6.07, 6.45) is 34.4. The lowest BCUT2D eigenvalue weighted by Gasteiger charge is -2.48. The van der Waals surface area contributed by atoms with Crippen LogP contribution in [-0.2, 0) is 42.8 Å². The predicted octanol–water partition coefficient (Wildman–Crippen LogP) is 14.4. The van der Waals surface area contributed by atoms with E-state index in [9.17, 15) is 14.4 Å². The minimum absolute atomic E-state index is 0.0395. The highest BCUT2D eigenvalue weighted by Crippen LogP contribution is 2.66. The lowest BCUT2D eigenvalue weighted by molar-refractivity contribution is -0.118. The van der Waals surface area contributed by atoms with Crippen molar-refractivity contribution in [1.29, 1.82) is 0 Å². The van der Waals surface area contributed by atoms with Gasteiger partial charge in [-0.05, 0) is 196 Å². The Bertz CT molecular complexity index is 4270. The highest BCUT2D eigenvalue weighted by molar-refractivity contribution is 6.01. The fourth-order valence-corrected chi connectivity index (χ4v) is 21.8. The zero-order valence-corrected chi connectivity index (χ0v) is 61.5. The van der Waals surface area contributed by atoms with Crippen LogP contribution in [0.2, 0.25) is 0 Å². The van der Waals surface area contributed by atoms with Crippen molar-refractivity contribution in [2.45, 2.75) is 159 Å². The Labute approximate surface area is 597 Å². The normalized spacial score (nSPS) is 35.1. The number of hydrogen-bond acceptors (Lipinski definition) is 15. The Balaban J connectivity index is 0.000000123. The molecular weight excluding hydrogens is 1260 g/mol. The molecule has 0 radical (unpaired) electrons. The second-order valence-electron chi connectivity index (χ2n) is 33.3. The second kappa shape index (κ2) is 27.8. The summed E-state index contributed by atoms with van der Waals surface area (Å²) >= 11 is 0. The van der Waals surface area contributed by atoms with Crippen LogP contribution in [0.1, 0.15) is 139 Å². The predicted molar refractivity (Wildman–Crippen MR) is 393 cm³/mol. The Hall–Kier alpha value is -7.24. The van der Waals surface area contributed by atoms with E-state index in [1.54, 1.807) is 0 Å². The number of rotatable bonds is 12. The van der Waals surface area contributed by atoms with Crippen LogP contribution >= 0.6 is 0 Å². The van der Waals surface area contributed by atoms with Gasteiger partial charge in [0.1, 0.15) is 35.6 Å². The van der Waals surface area contributed by atoms with Crippen molar-refractivity contribution in [3.63, 3.8) is 0 Å². The first-order valence-corrected chi connectivity index (χ1v) is 37.4. The molecule has 0 spiro atoms. The van der Waals surface area contributed by atoms with E-state index in [4.69, 9.17) is 28.4 Å². The summed E-state index contributed by atoms with van der Waals surface area (Å²) in [5.74, 6) is 6.25. The molecule has 15 heteroatoms. The summed E-state index contributed by atoms with van der Waals surface area (Å²) in [6.45, 7) is 9.97. The minimum atomic E-state index is -0.125. The van der Waals surface area contributed by atoms with Crippen molar-refractivity contribution in [3.05, 3.63) is 196 Å². The number of methoxy groups -OCH3 is 3. The Morgan fingerprint density at radius 1 is 0.475 bits per heavy atom. The summed E-state index contributed by atoms with van der Waals surface area (Å²) in [7, 11) is 18.0. The zero-order valence-electron chi connectivity index (χ0n) is 61.5. The maximum atomic E-state index is 13.0. The molecule has 5 saturated carbocycles. The Kier molecular flexibility index (Phi) is 19.1. The molecule has 5 aromatic rings. The fraction of sp³-hybridized carbons (Fsp3) is 0.535. The number of carbonyl (C=O) groups excluding carboxylic acids is 3. The molecule has 0 N–H and O–H groups in total. The average Bonchev–Trinajstić information content (AvgIpc) is 1.61. The molecule has 532 valence electrons. The zero-order chi connectivity index (χ0) is 70.4. The van der Waals surface area contributed by atoms with Crippen LogP contribution in [0.5, 0.6) is 0 Å². The lowest BCUT2D eigenvalue weighted by atomic mass is 9.60. The highest BCUT2D eigenvalue weighted by Gasteiger charge is 2.62. The molecule has 12 aliphatic rings. The molecule has 0 saturated heterocycles. The van der Waals surface area contributed by atoms with E-state index < -0.39 is 0 Å². The van der Waals surface area contributed by atoms with Crippen LogP contribution in [0.25, 0.3) is 21.5 Å². The molecule has 2 aromatic carbocycles. The van der Waals surface area contributed by atoms with Gasteiger partial charge in [-0.15, -0.1) is 0 Å². The number of nitrogens with zero attached hydrogens (tertiary/aromatic N) is 6. The van der Waals surface area contributed by atoms with Crippen molar-refractivity contribution in [2.75, 3.05) is 83.2 Å². The van der Waals surface area contributed by atoms with Gasteiger partial charge in [-0.3, -0.25) is 29.3 Å². The van der Waals surface area contributed by atoms with Crippen LogP contribution < -0.4 is 0 Å². The third-order valence-corrected chi connectivity index (χ3v) is 26.2. The molecule has 18 atom stereocenters. The monoisotopic (exact) mass is 1360 g/mol. The van der Waals surface area contributed by atoms with Crippen LogP contribution in [-0.4, -0.2) is 167 Å². The van der Waals surface area contributed by atoms with Gasteiger partial charge in [-0.2, -0.15) is 0 Å². The topological polar surface area (TPSA) is 155 Å². The molecule has 9 aliphatic carbocycles. The maximum absolute atomic E-state index is 13.0. The van der Waals surface area contributed by atoms with E-state index in [1.807, 2.05) is 64.6 Å². The molecule has 6 heterocycles. The van der Waals surface area contributed by atoms with Crippen LogP contribution in [0, 0.1) is 51.8 Å². The van der Waals surface area contributed by atoms with E-state index in [1.165, 1.54) is 44.0 Å². The van der Waals surface area contributed by atoms with E-state index in [2.05, 4.69) is 178 Å². The summed E-state index contributed by atoms with van der Waals surface area (Å²) in [4.78, 5) is 58.5. The number of pyridine rings is 3. The van der Waals surface area contributed by atoms with Crippen molar-refractivity contribution < 1.29 is 42.8 Å². The number of Topliss-reactive ketones (excluding diaryl/α,β-unsaturated/α-hetero) is 3. The van der Waals surface area contributed by atoms with Gasteiger partial charge in [-0.1, -0.05) is 75.4 Å². The lowest BCUT2D eigenvalue weighted by Crippen LogP contribution is -2.44. The van der Waals surface area contributed by atoms with Crippen molar-refractivity contribution >= 4 is 38.9 Å². The number of hydrogen-bond donors (Lipinski definition) is 0. The standard InChI is InChI=1S/C30H36N2O3.C30H34N2O3.C26H34N2O3/c2*1-30-10-8-19-14-23-25(33)12-18(17-32(2)3)13-26(23)35-29(19)24(30)15-27(34-4)28(30)22-7-5-6-20-16-31-11-9-21(20)22;1-26-8-7-17-12-19-21(29)10-16(15-28(2)3)11-22(19)31-25(17)20(26)13-23(30-4)24(26)18-6-5-9-27-14-18/h5-7,9,11,14,16,18,24,27-29H,8,10,12-13,15,17H2,1-4H3;5-11,14,16,18,24,27-29H,12-13,15,17H2,1-4H3;5-6,9,12,14,16,20,23-25H,7-8,10-11,13,15H2,1-4H3/t2*18?,24-,27+,28-,29+,30-;16?,20-,23+,24-,25+,26-/m000/s1. The molecular formula is C86H104N6O9. The van der Waals surface area contributed by atoms with Gasteiger partial charge in [0.05, 0.1) is 35.0 Å². The molecule has 5 fully saturated rings. The number of allylic oxidation sites excluding steroid dienone is 10. The second-order valence-corrected chi connectivity index (χ2v) is 33.3. The van der Waals surface area contributed by atoms with Crippen molar-refractivity contribution in [2.24, 2.45) is 51.8 Å². The summed E-state index contributed by atoms with van der Waals surface area (Å²) < 4.78 is 38.7. The average molecular weight is 1370 g/mol. The van der Waals surface area contributed by atoms with Crippen molar-refractivity contribution in [1.82, 2.24) is 29.7 Å². The molecule has 15 nitrogen and oxygen atoms in total. The first kappa shape index (κ1) is 69.5. The Morgan fingerprint density at radius 3 is 1.39 bits per heavy atom. The molecule has 17 rings (SSSR count). The van der Waals surface area contributed by atoms with E-state index in [-0.39, 0.29) is 82.1 Å². The first-order chi connectivity index (χ1) is 48.7. The molecule has 3 unspecified atom stereocenters. The SMILES string of the molecule is CO[C@@H]1C[C@H]2[C@@H]3OC4=C(C=C3C=C[C@]2(C)[C@H]1c1cccc2cnccc12)C(=O)CC(CN(C)C)C4.CO[C@@H]1C[C@H]2[C@@H]3OC4=C(C=C3CC[C@]2(C)[C@H]1c1cccc2cnccc12)C(=O)CC(CN(C)C)C4.CO[C@@H]1C[C@H]2[C@@H]3OC4=C(C=C3CC[C@]2(C)[C@H]1c1cccnc1)C(=O)CC(CN(C)C)C4. The van der Waals surface area contributed by atoms with Crippen LogP contribution in [0.3, 0.4) is 0 Å². The third-order valence-electron chi connectivity index (χ3n) is 26.2. The van der Waals surface area contributed by atoms with Crippen molar-refractivity contribution in [3.8, 4) is 0 Å². The van der Waals surface area contributed by atoms with E-state index in [0.29, 0.717) is 60.7 Å². The van der Waals surface area contributed by atoms with Gasteiger partial charge in [0.25, 0.3) is 0 Å². The number of ketones is 3.